The van der Waals surface area contributed by atoms with Crippen LogP contribution in [0.25, 0.3) is 0 Å². The number of nitrogens with zero attached hydrogens (tertiary/aromatic N) is 4. The van der Waals surface area contributed by atoms with E-state index in [-0.39, 0.29) is 0 Å². The van der Waals surface area contributed by atoms with Gasteiger partial charge in [0.2, 0.25) is 0 Å². The molecule has 2 rings (SSSR count). The summed E-state index contributed by atoms with van der Waals surface area (Å²) in [6.07, 6.45) is 3.54. The van der Waals surface area contributed by atoms with Gasteiger partial charge in [0.1, 0.15) is 5.82 Å². The molecule has 1 saturated heterocycles. The molecule has 1 aliphatic rings. The van der Waals surface area contributed by atoms with Crippen LogP contribution in [0.2, 0.25) is 0 Å². The van der Waals surface area contributed by atoms with Gasteiger partial charge in [-0.15, -0.1) is 0 Å². The first-order valence-corrected chi connectivity index (χ1v) is 5.67. The lowest BCUT2D eigenvalue weighted by atomic mass is 10.2. The Labute approximate surface area is 96.3 Å². The second-order valence-electron chi connectivity index (χ2n) is 4.35. The minimum Gasteiger partial charge on any atom is -0.352 e. The summed E-state index contributed by atoms with van der Waals surface area (Å²) in [5.74, 6) is 0.947. The minimum absolute atomic E-state index is 0.449. The molecule has 1 aromatic rings. The van der Waals surface area contributed by atoms with E-state index in [4.69, 9.17) is 5.73 Å². The lowest BCUT2D eigenvalue weighted by molar-refractivity contribution is 0.233. The molecule has 1 atom stereocenters. The Morgan fingerprint density at radius 1 is 1.44 bits per heavy atom. The second-order valence-corrected chi connectivity index (χ2v) is 4.35. The molecular formula is C11H19N5. The molecule has 0 saturated carbocycles. The molecule has 0 spiro atoms. The number of hydrogen-bond acceptors (Lipinski definition) is 5. The van der Waals surface area contributed by atoms with Crippen LogP contribution in [0.4, 0.5) is 5.82 Å². The van der Waals surface area contributed by atoms with Crippen LogP contribution in [0.1, 0.15) is 12.6 Å². The lowest BCUT2D eigenvalue weighted by Gasteiger charge is -2.38. The summed E-state index contributed by atoms with van der Waals surface area (Å²) in [7, 11) is 2.16. The predicted molar refractivity (Wildman–Crippen MR) is 64.2 cm³/mol. The van der Waals surface area contributed by atoms with Gasteiger partial charge in [-0.05, 0) is 14.0 Å². The average molecular weight is 221 g/mol. The predicted octanol–water partition coefficient (Wildman–Crippen LogP) is 0.0756. The number of hydrogen-bond donors (Lipinski definition) is 1. The van der Waals surface area contributed by atoms with Crippen molar-refractivity contribution in [2.45, 2.75) is 19.5 Å². The number of nitrogens with two attached hydrogens (primary N) is 1. The van der Waals surface area contributed by atoms with Crippen molar-refractivity contribution in [3.8, 4) is 0 Å². The van der Waals surface area contributed by atoms with Crippen molar-refractivity contribution in [3.63, 3.8) is 0 Å². The van der Waals surface area contributed by atoms with E-state index in [9.17, 15) is 0 Å². The van der Waals surface area contributed by atoms with Crippen molar-refractivity contribution < 1.29 is 0 Å². The van der Waals surface area contributed by atoms with Crippen molar-refractivity contribution in [3.05, 3.63) is 18.1 Å². The summed E-state index contributed by atoms with van der Waals surface area (Å²) in [5, 5.41) is 0. The molecule has 5 nitrogen and oxygen atoms in total. The van der Waals surface area contributed by atoms with Gasteiger partial charge in [-0.3, -0.25) is 4.98 Å². The summed E-state index contributed by atoms with van der Waals surface area (Å²) >= 11 is 0. The molecule has 5 heteroatoms. The van der Waals surface area contributed by atoms with Crippen LogP contribution < -0.4 is 10.6 Å². The van der Waals surface area contributed by atoms with Crippen molar-refractivity contribution in [2.24, 2.45) is 5.73 Å². The first kappa shape index (κ1) is 11.3. The van der Waals surface area contributed by atoms with Gasteiger partial charge in [0.25, 0.3) is 0 Å². The van der Waals surface area contributed by atoms with Crippen LogP contribution in [0, 0.1) is 0 Å². The van der Waals surface area contributed by atoms with E-state index in [1.807, 2.05) is 6.20 Å². The normalized spacial score (nSPS) is 22.4. The van der Waals surface area contributed by atoms with Gasteiger partial charge in [-0.1, -0.05) is 0 Å². The average Bonchev–Trinajstić information content (AvgIpc) is 2.33. The topological polar surface area (TPSA) is 58.3 Å². The molecule has 0 amide bonds. The Hall–Kier alpha value is -1.20. The largest absolute Gasteiger partial charge is 0.352 e. The molecule has 1 fully saturated rings. The Morgan fingerprint density at radius 2 is 2.25 bits per heavy atom. The summed E-state index contributed by atoms with van der Waals surface area (Å²) in [6, 6.07) is 0.553. The summed E-state index contributed by atoms with van der Waals surface area (Å²) in [4.78, 5) is 13.3. The number of rotatable bonds is 2. The van der Waals surface area contributed by atoms with Crippen molar-refractivity contribution in [1.29, 1.82) is 0 Å². The molecule has 0 aromatic carbocycles. The zero-order valence-corrected chi connectivity index (χ0v) is 9.93. The van der Waals surface area contributed by atoms with E-state index in [1.165, 1.54) is 0 Å². The van der Waals surface area contributed by atoms with Crippen LogP contribution in [-0.4, -0.2) is 47.6 Å². The van der Waals surface area contributed by atoms with Crippen LogP contribution in [0.5, 0.6) is 0 Å². The van der Waals surface area contributed by atoms with Gasteiger partial charge in [0.05, 0.1) is 11.9 Å². The highest BCUT2D eigenvalue weighted by molar-refractivity contribution is 5.37. The van der Waals surface area contributed by atoms with Crippen molar-refractivity contribution >= 4 is 5.82 Å². The van der Waals surface area contributed by atoms with E-state index in [2.05, 4.69) is 33.7 Å². The third kappa shape index (κ3) is 2.31. The second kappa shape index (κ2) is 4.76. The van der Waals surface area contributed by atoms with E-state index in [0.29, 0.717) is 12.6 Å². The standard InChI is InChI=1S/C11H19N5/c1-9-8-16(4-3-15(9)2)11-7-13-6-10(5-12)14-11/h6-7,9H,3-5,8,12H2,1-2H3. The third-order valence-electron chi connectivity index (χ3n) is 3.16. The number of aromatic nitrogens is 2. The van der Waals surface area contributed by atoms with Crippen LogP contribution >= 0.6 is 0 Å². The molecular weight excluding hydrogens is 202 g/mol. The first-order chi connectivity index (χ1) is 7.70. The Kier molecular flexibility index (Phi) is 3.36. The molecule has 0 radical (unpaired) electrons. The summed E-state index contributed by atoms with van der Waals surface area (Å²) in [5.41, 5.74) is 6.42. The van der Waals surface area contributed by atoms with Crippen LogP contribution in [0.3, 0.4) is 0 Å². The molecule has 1 aromatic heterocycles. The first-order valence-electron chi connectivity index (χ1n) is 5.67. The minimum atomic E-state index is 0.449. The Morgan fingerprint density at radius 3 is 2.94 bits per heavy atom. The van der Waals surface area contributed by atoms with E-state index >= 15 is 0 Å². The number of likely N-dealkylation sites (N-methyl/N-ethyl adjacent to an activating group) is 1. The highest BCUT2D eigenvalue weighted by Gasteiger charge is 2.21. The molecule has 16 heavy (non-hydrogen) atoms. The Balaban J connectivity index is 2.12. The van der Waals surface area contributed by atoms with Crippen LogP contribution in [0.15, 0.2) is 12.4 Å². The quantitative estimate of drug-likeness (QED) is 0.766. The van der Waals surface area contributed by atoms with Crippen molar-refractivity contribution in [2.75, 3.05) is 31.6 Å². The lowest BCUT2D eigenvalue weighted by Crippen LogP contribution is -2.50. The highest BCUT2D eigenvalue weighted by Crippen LogP contribution is 2.15. The van der Waals surface area contributed by atoms with Gasteiger partial charge >= 0.3 is 0 Å². The van der Waals surface area contributed by atoms with E-state index < -0.39 is 0 Å². The van der Waals surface area contributed by atoms with E-state index in [1.54, 1.807) is 6.20 Å². The van der Waals surface area contributed by atoms with Gasteiger partial charge in [-0.2, -0.15) is 0 Å². The maximum atomic E-state index is 5.57. The monoisotopic (exact) mass is 221 g/mol. The summed E-state index contributed by atoms with van der Waals surface area (Å²) in [6.45, 7) is 5.74. The zero-order chi connectivity index (χ0) is 11.5. The number of anilines is 1. The molecule has 2 heterocycles. The fourth-order valence-corrected chi connectivity index (χ4v) is 1.90. The maximum Gasteiger partial charge on any atom is 0.147 e. The Bertz CT molecular complexity index is 354. The van der Waals surface area contributed by atoms with Gasteiger partial charge < -0.3 is 15.5 Å². The molecule has 88 valence electrons. The molecule has 0 bridgehead atoms. The van der Waals surface area contributed by atoms with Crippen LogP contribution in [-0.2, 0) is 6.54 Å². The summed E-state index contributed by atoms with van der Waals surface area (Å²) < 4.78 is 0. The zero-order valence-electron chi connectivity index (χ0n) is 9.93. The van der Waals surface area contributed by atoms with Gasteiger partial charge in [0.15, 0.2) is 0 Å². The SMILES string of the molecule is CC1CN(c2cncc(CN)n2)CCN1C. The molecule has 0 aliphatic carbocycles. The molecule has 1 unspecified atom stereocenters. The maximum absolute atomic E-state index is 5.57. The third-order valence-corrected chi connectivity index (χ3v) is 3.16. The van der Waals surface area contributed by atoms with E-state index in [0.717, 1.165) is 31.1 Å². The molecule has 2 N–H and O–H groups in total. The smallest absolute Gasteiger partial charge is 0.147 e. The van der Waals surface area contributed by atoms with Gasteiger partial charge in [-0.25, -0.2) is 4.98 Å². The fraction of sp³-hybridized carbons (Fsp3) is 0.636. The molecule has 1 aliphatic heterocycles. The fourth-order valence-electron chi connectivity index (χ4n) is 1.90. The van der Waals surface area contributed by atoms with Crippen molar-refractivity contribution in [1.82, 2.24) is 14.9 Å². The van der Waals surface area contributed by atoms with Gasteiger partial charge in [0, 0.05) is 38.4 Å². The highest BCUT2D eigenvalue weighted by atomic mass is 15.3. The number of piperazine rings is 1.